The minimum Gasteiger partial charge on any atom is -0.478 e. The van der Waals surface area contributed by atoms with Crippen molar-refractivity contribution in [3.8, 4) is 0 Å². The van der Waals surface area contributed by atoms with Crippen molar-refractivity contribution in [1.82, 2.24) is 14.3 Å². The number of hydrogen-bond donors (Lipinski definition) is 1. The lowest BCUT2D eigenvalue weighted by atomic mass is 10.1. The zero-order valence-electron chi connectivity index (χ0n) is 9.48. The van der Waals surface area contributed by atoms with Gasteiger partial charge in [-0.15, -0.1) is 0 Å². The number of benzene rings is 1. The monoisotopic (exact) mass is 289 g/mol. The van der Waals surface area contributed by atoms with Crippen LogP contribution in [0.25, 0.3) is 10.9 Å². The molecule has 1 N–H and O–H groups in total. The molecular formula is C12H7N3O2S2. The van der Waals surface area contributed by atoms with Crippen molar-refractivity contribution >= 4 is 40.2 Å². The lowest BCUT2D eigenvalue weighted by molar-refractivity contribution is 0.0692. The van der Waals surface area contributed by atoms with Crippen molar-refractivity contribution in [2.45, 2.75) is 9.37 Å². The van der Waals surface area contributed by atoms with Crippen LogP contribution in [0.3, 0.4) is 0 Å². The van der Waals surface area contributed by atoms with Gasteiger partial charge in [0.1, 0.15) is 11.4 Å². The quantitative estimate of drug-likeness (QED) is 0.799. The molecule has 0 aliphatic rings. The van der Waals surface area contributed by atoms with Crippen LogP contribution in [0.4, 0.5) is 0 Å². The molecule has 0 saturated heterocycles. The fourth-order valence-electron chi connectivity index (χ4n) is 1.62. The van der Waals surface area contributed by atoms with Crippen LogP contribution in [-0.4, -0.2) is 25.4 Å². The normalized spacial score (nSPS) is 10.7. The van der Waals surface area contributed by atoms with Crippen molar-refractivity contribution < 1.29 is 9.90 Å². The molecule has 1 aromatic carbocycles. The topological polar surface area (TPSA) is 76.0 Å². The molecule has 2 aromatic heterocycles. The molecule has 0 spiro atoms. The van der Waals surface area contributed by atoms with E-state index in [0.717, 1.165) is 10.9 Å². The second kappa shape index (κ2) is 4.94. The Kier molecular flexibility index (Phi) is 3.14. The molecule has 19 heavy (non-hydrogen) atoms. The number of fused-ring (bicyclic) bond motifs is 1. The van der Waals surface area contributed by atoms with E-state index in [1.807, 2.05) is 24.3 Å². The Bertz CT molecular complexity index is 744. The predicted octanol–water partition coefficient (Wildman–Crippen LogP) is 2.94. The van der Waals surface area contributed by atoms with Gasteiger partial charge < -0.3 is 5.11 Å². The molecule has 3 aromatic rings. The van der Waals surface area contributed by atoms with Gasteiger partial charge in [0.05, 0.1) is 11.1 Å². The van der Waals surface area contributed by atoms with E-state index in [9.17, 15) is 9.90 Å². The maximum Gasteiger partial charge on any atom is 0.338 e. The Labute approximate surface area is 116 Å². The smallest absolute Gasteiger partial charge is 0.338 e. The molecule has 5 nitrogen and oxygen atoms in total. The van der Waals surface area contributed by atoms with Crippen LogP contribution in [0.5, 0.6) is 0 Å². The van der Waals surface area contributed by atoms with Gasteiger partial charge in [-0.1, -0.05) is 18.2 Å². The Balaban J connectivity index is 2.15. The van der Waals surface area contributed by atoms with Gasteiger partial charge in [0.25, 0.3) is 0 Å². The van der Waals surface area contributed by atoms with Crippen LogP contribution < -0.4 is 0 Å². The first-order chi connectivity index (χ1) is 9.24. The fourth-order valence-corrected chi connectivity index (χ4v) is 3.08. The first kappa shape index (κ1) is 12.1. The van der Waals surface area contributed by atoms with E-state index in [2.05, 4.69) is 14.3 Å². The number of carbonyl (C=O) groups is 1. The van der Waals surface area contributed by atoms with E-state index >= 15 is 0 Å². The van der Waals surface area contributed by atoms with Crippen LogP contribution in [0, 0.1) is 0 Å². The first-order valence-electron chi connectivity index (χ1n) is 5.31. The molecule has 0 aliphatic carbocycles. The van der Waals surface area contributed by atoms with Gasteiger partial charge in [0, 0.05) is 5.39 Å². The summed E-state index contributed by atoms with van der Waals surface area (Å²) in [5.74, 6) is -0.995. The molecule has 0 saturated carbocycles. The van der Waals surface area contributed by atoms with Crippen molar-refractivity contribution in [2.75, 3.05) is 0 Å². The number of aromatic nitrogens is 3. The molecule has 3 rings (SSSR count). The highest BCUT2D eigenvalue weighted by atomic mass is 32.2. The summed E-state index contributed by atoms with van der Waals surface area (Å²) in [4.78, 5) is 19.7. The summed E-state index contributed by atoms with van der Waals surface area (Å²) in [6.45, 7) is 0. The Morgan fingerprint density at radius 1 is 1.32 bits per heavy atom. The first-order valence-corrected chi connectivity index (χ1v) is 6.90. The fraction of sp³-hybridized carbons (Fsp3) is 0. The van der Waals surface area contributed by atoms with Crippen molar-refractivity contribution in [1.29, 1.82) is 0 Å². The summed E-state index contributed by atoms with van der Waals surface area (Å²) in [7, 11) is 0. The van der Waals surface area contributed by atoms with E-state index in [0.29, 0.717) is 9.37 Å². The Morgan fingerprint density at radius 3 is 2.89 bits per heavy atom. The van der Waals surface area contributed by atoms with Gasteiger partial charge in [-0.2, -0.15) is 4.37 Å². The molecule has 0 bridgehead atoms. The lowest BCUT2D eigenvalue weighted by Crippen LogP contribution is -2.01. The van der Waals surface area contributed by atoms with Gasteiger partial charge in [-0.3, -0.25) is 0 Å². The second-order valence-corrected chi connectivity index (χ2v) is 5.66. The number of carboxylic acid groups (broad SMARTS) is 1. The molecule has 2 heterocycles. The van der Waals surface area contributed by atoms with Crippen LogP contribution >= 0.6 is 23.3 Å². The molecule has 0 radical (unpaired) electrons. The number of pyridine rings is 1. The summed E-state index contributed by atoms with van der Waals surface area (Å²) in [6.07, 6.45) is 1.44. The number of para-hydroxylation sites is 1. The summed E-state index contributed by atoms with van der Waals surface area (Å²) in [5.41, 5.74) is 0.943. The molecule has 0 unspecified atom stereocenters. The van der Waals surface area contributed by atoms with Gasteiger partial charge >= 0.3 is 5.97 Å². The van der Waals surface area contributed by atoms with E-state index in [-0.39, 0.29) is 5.56 Å². The van der Waals surface area contributed by atoms with E-state index < -0.39 is 5.97 Å². The van der Waals surface area contributed by atoms with Crippen LogP contribution in [0.15, 0.2) is 46.0 Å². The Morgan fingerprint density at radius 2 is 2.16 bits per heavy atom. The van der Waals surface area contributed by atoms with Gasteiger partial charge in [-0.25, -0.2) is 14.8 Å². The number of nitrogens with zero attached hydrogens (tertiary/aromatic N) is 3. The largest absolute Gasteiger partial charge is 0.478 e. The third kappa shape index (κ3) is 2.42. The number of carboxylic acids is 1. The number of hydrogen-bond acceptors (Lipinski definition) is 6. The van der Waals surface area contributed by atoms with Crippen LogP contribution in [0.1, 0.15) is 10.4 Å². The summed E-state index contributed by atoms with van der Waals surface area (Å²) in [6, 6.07) is 9.05. The molecule has 0 atom stereocenters. The van der Waals surface area contributed by atoms with Crippen molar-refractivity contribution in [2.24, 2.45) is 0 Å². The minimum atomic E-state index is -0.995. The molecule has 7 heteroatoms. The molecule has 94 valence electrons. The van der Waals surface area contributed by atoms with Gasteiger partial charge in [0.2, 0.25) is 0 Å². The third-order valence-corrected chi connectivity index (χ3v) is 4.16. The molecule has 0 amide bonds. The lowest BCUT2D eigenvalue weighted by Gasteiger charge is -2.05. The van der Waals surface area contributed by atoms with Crippen molar-refractivity contribution in [3.05, 3.63) is 42.2 Å². The van der Waals surface area contributed by atoms with Crippen LogP contribution in [-0.2, 0) is 0 Å². The summed E-state index contributed by atoms with van der Waals surface area (Å²) < 4.78 is 4.56. The zero-order chi connectivity index (χ0) is 13.2. The SMILES string of the molecule is O=C(O)c1cc2ccccc2nc1Sc1ncns1. The van der Waals surface area contributed by atoms with Crippen LogP contribution in [0.2, 0.25) is 0 Å². The highest BCUT2D eigenvalue weighted by Gasteiger charge is 2.15. The zero-order valence-corrected chi connectivity index (χ0v) is 11.1. The minimum absolute atomic E-state index is 0.180. The average molecular weight is 289 g/mol. The predicted molar refractivity (Wildman–Crippen MR) is 72.7 cm³/mol. The van der Waals surface area contributed by atoms with E-state index in [1.54, 1.807) is 6.07 Å². The Hall–Kier alpha value is -1.99. The molecular weight excluding hydrogens is 282 g/mol. The number of rotatable bonds is 3. The van der Waals surface area contributed by atoms with Gasteiger partial charge in [-0.05, 0) is 35.4 Å². The molecule has 0 aliphatic heterocycles. The molecule has 0 fully saturated rings. The summed E-state index contributed by atoms with van der Waals surface area (Å²) >= 11 is 2.43. The highest BCUT2D eigenvalue weighted by molar-refractivity contribution is 8.01. The van der Waals surface area contributed by atoms with Gasteiger partial charge in [0.15, 0.2) is 4.34 Å². The second-order valence-electron chi connectivity index (χ2n) is 3.65. The third-order valence-electron chi connectivity index (χ3n) is 2.44. The standard InChI is InChI=1S/C12H7N3O2S2/c16-11(17)8-5-7-3-1-2-4-9(7)15-10(8)18-12-13-6-14-19-12/h1-6H,(H,16,17). The van der Waals surface area contributed by atoms with Crippen molar-refractivity contribution in [3.63, 3.8) is 0 Å². The maximum absolute atomic E-state index is 11.3. The van der Waals surface area contributed by atoms with E-state index in [4.69, 9.17) is 0 Å². The average Bonchev–Trinajstić information content (AvgIpc) is 2.90. The maximum atomic E-state index is 11.3. The van der Waals surface area contributed by atoms with E-state index in [1.165, 1.54) is 29.6 Å². The summed E-state index contributed by atoms with van der Waals surface area (Å²) in [5, 5.41) is 10.5. The highest BCUT2D eigenvalue weighted by Crippen LogP contribution is 2.31. The number of aromatic carboxylic acids is 1.